The first-order valence-electron chi connectivity index (χ1n) is 6.52. The van der Waals surface area contributed by atoms with Gasteiger partial charge in [0.05, 0.1) is 12.7 Å². The largest absolute Gasteiger partial charge is 0.483 e. The molecule has 0 atom stereocenters. The molecular formula is C15H24N4O4. The summed E-state index contributed by atoms with van der Waals surface area (Å²) in [5.74, 6) is 0. The van der Waals surface area contributed by atoms with Gasteiger partial charge in [-0.15, -0.1) is 0 Å². The fourth-order valence-corrected chi connectivity index (χ4v) is 1.14. The molecule has 0 unspecified atom stereocenters. The summed E-state index contributed by atoms with van der Waals surface area (Å²) in [6.07, 6.45) is 10.9. The summed E-state index contributed by atoms with van der Waals surface area (Å²) in [7, 11) is 0. The smallest absolute Gasteiger partial charge is 0.290 e. The Morgan fingerprint density at radius 2 is 1.48 bits per heavy atom. The molecule has 2 aromatic heterocycles. The Morgan fingerprint density at radius 1 is 1.04 bits per heavy atom. The van der Waals surface area contributed by atoms with Crippen molar-refractivity contribution in [3.05, 3.63) is 44.0 Å². The van der Waals surface area contributed by atoms with Crippen molar-refractivity contribution in [3.63, 3.8) is 0 Å². The third-order valence-corrected chi connectivity index (χ3v) is 2.22. The number of allylic oxidation sites excluding steroid dienone is 1. The lowest BCUT2D eigenvalue weighted by Gasteiger charge is -2.19. The Labute approximate surface area is 135 Å². The van der Waals surface area contributed by atoms with Crippen LogP contribution in [0.4, 0.5) is 0 Å². The van der Waals surface area contributed by atoms with Crippen molar-refractivity contribution < 1.29 is 19.8 Å². The van der Waals surface area contributed by atoms with Crippen molar-refractivity contribution in [2.24, 2.45) is 0 Å². The lowest BCUT2D eigenvalue weighted by molar-refractivity contribution is -0.123. The van der Waals surface area contributed by atoms with Gasteiger partial charge in [-0.1, -0.05) is 6.58 Å². The molecule has 8 nitrogen and oxygen atoms in total. The molecule has 0 spiro atoms. The van der Waals surface area contributed by atoms with E-state index in [4.69, 9.17) is 19.8 Å². The van der Waals surface area contributed by atoms with Gasteiger partial charge in [-0.25, -0.2) is 9.97 Å². The number of nitrogens with zero attached hydrogens (tertiary/aromatic N) is 4. The van der Waals surface area contributed by atoms with Gasteiger partial charge in [0.25, 0.3) is 12.9 Å². The Hall–Kier alpha value is -2.90. The molecule has 0 aliphatic heterocycles. The summed E-state index contributed by atoms with van der Waals surface area (Å²) >= 11 is 0. The molecule has 128 valence electrons. The molecule has 0 radical (unpaired) electrons. The summed E-state index contributed by atoms with van der Waals surface area (Å²) in [6.45, 7) is 11.6. The van der Waals surface area contributed by atoms with E-state index < -0.39 is 0 Å². The highest BCUT2D eigenvalue weighted by Crippen LogP contribution is 2.11. The molecule has 8 heteroatoms. The summed E-state index contributed by atoms with van der Waals surface area (Å²) in [5.41, 5.74) is 1.17. The minimum Gasteiger partial charge on any atom is -0.483 e. The molecule has 2 N–H and O–H groups in total. The zero-order valence-corrected chi connectivity index (χ0v) is 13.8. The van der Waals surface area contributed by atoms with Gasteiger partial charge < -0.3 is 19.3 Å². The second-order valence-electron chi connectivity index (χ2n) is 5.06. The van der Waals surface area contributed by atoms with E-state index in [1.807, 2.05) is 30.2 Å². The average Bonchev–Trinajstić information content (AvgIpc) is 3.15. The monoisotopic (exact) mass is 324 g/mol. The van der Waals surface area contributed by atoms with Gasteiger partial charge in [0.15, 0.2) is 0 Å². The van der Waals surface area contributed by atoms with Crippen molar-refractivity contribution in [2.75, 3.05) is 0 Å². The van der Waals surface area contributed by atoms with Crippen LogP contribution in [-0.2, 0) is 15.1 Å². The molecule has 0 aromatic carbocycles. The van der Waals surface area contributed by atoms with Crippen LogP contribution in [0.1, 0.15) is 27.7 Å². The molecule has 0 aliphatic carbocycles. The molecule has 0 bridgehead atoms. The van der Waals surface area contributed by atoms with Gasteiger partial charge in [0, 0.05) is 36.0 Å². The highest BCUT2D eigenvalue weighted by Gasteiger charge is 2.09. The van der Waals surface area contributed by atoms with E-state index in [2.05, 4.69) is 41.9 Å². The van der Waals surface area contributed by atoms with Crippen LogP contribution < -0.4 is 0 Å². The molecule has 2 aromatic rings. The summed E-state index contributed by atoms with van der Waals surface area (Å²) in [5, 5.41) is 13.8. The van der Waals surface area contributed by atoms with Crippen LogP contribution in [0.5, 0.6) is 0 Å². The first kappa shape index (κ1) is 22.4. The molecule has 0 aliphatic rings. The van der Waals surface area contributed by atoms with Crippen LogP contribution >= 0.6 is 0 Å². The first-order valence-corrected chi connectivity index (χ1v) is 6.52. The predicted molar refractivity (Wildman–Crippen MR) is 87.8 cm³/mol. The van der Waals surface area contributed by atoms with Crippen molar-refractivity contribution >= 4 is 18.6 Å². The topological polar surface area (TPSA) is 110 Å². The minimum atomic E-state index is -0.250. The summed E-state index contributed by atoms with van der Waals surface area (Å²) in [6, 6.07) is 0. The van der Waals surface area contributed by atoms with Crippen LogP contribution in [-0.4, -0.2) is 42.3 Å². The van der Waals surface area contributed by atoms with Gasteiger partial charge >= 0.3 is 0 Å². The fourth-order valence-electron chi connectivity index (χ4n) is 1.14. The SMILES string of the molecule is C=C(C)n1ccnc1.CC(C)(C)n1ccnc1.O=CO.O=CO. The maximum Gasteiger partial charge on any atom is 0.290 e. The first-order chi connectivity index (χ1) is 10.7. The zero-order valence-electron chi connectivity index (χ0n) is 13.8. The van der Waals surface area contributed by atoms with Crippen molar-refractivity contribution in [1.29, 1.82) is 0 Å². The molecule has 0 amide bonds. The molecule has 2 rings (SSSR count). The van der Waals surface area contributed by atoms with Gasteiger partial charge in [0.1, 0.15) is 0 Å². The van der Waals surface area contributed by atoms with Crippen molar-refractivity contribution in [1.82, 2.24) is 19.1 Å². The van der Waals surface area contributed by atoms with Gasteiger partial charge in [-0.3, -0.25) is 9.59 Å². The summed E-state index contributed by atoms with van der Waals surface area (Å²) in [4.78, 5) is 24.5. The van der Waals surface area contributed by atoms with E-state index in [1.165, 1.54) is 0 Å². The highest BCUT2D eigenvalue weighted by molar-refractivity contribution is 5.36. The predicted octanol–water partition coefficient (Wildman–Crippen LogP) is 2.41. The zero-order chi connectivity index (χ0) is 18.3. The fraction of sp³-hybridized carbons (Fsp3) is 0.333. The quantitative estimate of drug-likeness (QED) is 0.779. The van der Waals surface area contributed by atoms with Crippen LogP contribution in [0.2, 0.25) is 0 Å². The standard InChI is InChI=1S/C7H12N2.C6H8N2.2CH2O2/c1-7(2,3)9-5-4-8-6-9;1-6(2)8-4-3-7-5-8;2*2-1-3/h4-6H,1-3H3;3-5H,1H2,2H3;2*1H,(H,2,3). The molecule has 0 saturated carbocycles. The molecule has 2 heterocycles. The van der Waals surface area contributed by atoms with E-state index in [0.717, 1.165) is 5.70 Å². The van der Waals surface area contributed by atoms with E-state index in [-0.39, 0.29) is 18.5 Å². The molecule has 0 fully saturated rings. The van der Waals surface area contributed by atoms with Gasteiger partial charge in [-0.2, -0.15) is 0 Å². The molecular weight excluding hydrogens is 300 g/mol. The highest BCUT2D eigenvalue weighted by atomic mass is 16.3. The number of hydrogen-bond donors (Lipinski definition) is 2. The van der Waals surface area contributed by atoms with Crippen LogP contribution in [0, 0.1) is 0 Å². The number of aromatic nitrogens is 4. The molecule has 23 heavy (non-hydrogen) atoms. The second kappa shape index (κ2) is 12.8. The van der Waals surface area contributed by atoms with Crippen molar-refractivity contribution in [2.45, 2.75) is 33.2 Å². The third kappa shape index (κ3) is 12.5. The summed E-state index contributed by atoms with van der Waals surface area (Å²) < 4.78 is 3.94. The third-order valence-electron chi connectivity index (χ3n) is 2.22. The number of rotatable bonds is 1. The van der Waals surface area contributed by atoms with E-state index in [9.17, 15) is 0 Å². The Balaban J connectivity index is 0. The average molecular weight is 324 g/mol. The number of carboxylic acid groups (broad SMARTS) is 2. The number of imidazole rings is 2. The van der Waals surface area contributed by atoms with Crippen LogP contribution in [0.15, 0.2) is 44.0 Å². The van der Waals surface area contributed by atoms with Gasteiger partial charge in [-0.05, 0) is 27.7 Å². The van der Waals surface area contributed by atoms with E-state index in [1.54, 1.807) is 18.7 Å². The Morgan fingerprint density at radius 3 is 1.65 bits per heavy atom. The normalized spacial score (nSPS) is 8.87. The number of hydrogen-bond acceptors (Lipinski definition) is 4. The van der Waals surface area contributed by atoms with Crippen molar-refractivity contribution in [3.8, 4) is 0 Å². The second-order valence-corrected chi connectivity index (χ2v) is 5.06. The lowest BCUT2D eigenvalue weighted by atomic mass is 10.1. The maximum atomic E-state index is 8.36. The number of carbonyl (C=O) groups is 2. The van der Waals surface area contributed by atoms with E-state index >= 15 is 0 Å². The van der Waals surface area contributed by atoms with Crippen LogP contribution in [0.3, 0.4) is 0 Å². The lowest BCUT2D eigenvalue weighted by Crippen LogP contribution is -2.19. The Bertz CT molecular complexity index is 522. The van der Waals surface area contributed by atoms with Crippen LogP contribution in [0.25, 0.3) is 5.70 Å². The minimum absolute atomic E-state index is 0.177. The van der Waals surface area contributed by atoms with E-state index in [0.29, 0.717) is 0 Å². The molecule has 0 saturated heterocycles. The van der Waals surface area contributed by atoms with Gasteiger partial charge in [0.2, 0.25) is 0 Å². The Kier molecular flexibility index (Phi) is 12.5. The maximum absolute atomic E-state index is 8.36.